The van der Waals surface area contributed by atoms with Gasteiger partial charge in [0.25, 0.3) is 0 Å². The summed E-state index contributed by atoms with van der Waals surface area (Å²) >= 11 is 0. The zero-order valence-electron chi connectivity index (χ0n) is 14.2. The van der Waals surface area contributed by atoms with Gasteiger partial charge in [-0.3, -0.25) is 0 Å². The van der Waals surface area contributed by atoms with Crippen molar-refractivity contribution in [1.82, 2.24) is 0 Å². The SMILES string of the molecule is CC(C)=CC(CCC(C)C)C[C@H](C)c1ccc(C)cc1. The number of hydrogen-bond acceptors (Lipinski definition) is 0. The quantitative estimate of drug-likeness (QED) is 0.496. The van der Waals surface area contributed by atoms with Gasteiger partial charge in [-0.1, -0.05) is 68.7 Å². The fourth-order valence-corrected chi connectivity index (χ4v) is 2.77. The van der Waals surface area contributed by atoms with Crippen LogP contribution in [0, 0.1) is 18.8 Å². The van der Waals surface area contributed by atoms with Crippen LogP contribution in [0.4, 0.5) is 0 Å². The maximum absolute atomic E-state index is 2.48. The molecule has 0 aliphatic rings. The van der Waals surface area contributed by atoms with E-state index in [1.807, 2.05) is 0 Å². The molecule has 0 heterocycles. The molecule has 1 rings (SSSR count). The lowest BCUT2D eigenvalue weighted by molar-refractivity contribution is 0.437. The molecule has 1 aromatic rings. The molecule has 0 bridgehead atoms. The number of benzene rings is 1. The second-order valence-electron chi connectivity index (χ2n) is 7.02. The van der Waals surface area contributed by atoms with Gasteiger partial charge in [0.2, 0.25) is 0 Å². The molecule has 20 heavy (non-hydrogen) atoms. The van der Waals surface area contributed by atoms with Crippen LogP contribution in [-0.2, 0) is 0 Å². The van der Waals surface area contributed by atoms with Crippen LogP contribution >= 0.6 is 0 Å². The summed E-state index contributed by atoms with van der Waals surface area (Å²) in [4.78, 5) is 0. The van der Waals surface area contributed by atoms with Crippen molar-refractivity contribution in [1.29, 1.82) is 0 Å². The molecule has 0 radical (unpaired) electrons. The van der Waals surface area contributed by atoms with Gasteiger partial charge in [-0.15, -0.1) is 0 Å². The van der Waals surface area contributed by atoms with E-state index in [2.05, 4.69) is 71.9 Å². The van der Waals surface area contributed by atoms with Crippen LogP contribution in [0.5, 0.6) is 0 Å². The number of aryl methyl sites for hydroxylation is 1. The highest BCUT2D eigenvalue weighted by Gasteiger charge is 2.13. The van der Waals surface area contributed by atoms with E-state index >= 15 is 0 Å². The first kappa shape index (κ1) is 17.0. The van der Waals surface area contributed by atoms with Gasteiger partial charge in [-0.05, 0) is 56.9 Å². The normalized spacial score (nSPS) is 14.2. The predicted molar refractivity (Wildman–Crippen MR) is 91.2 cm³/mol. The molecule has 0 saturated carbocycles. The Morgan fingerprint density at radius 1 is 1.00 bits per heavy atom. The highest BCUT2D eigenvalue weighted by atomic mass is 14.2. The molecule has 112 valence electrons. The van der Waals surface area contributed by atoms with E-state index in [0.717, 1.165) is 11.8 Å². The maximum Gasteiger partial charge on any atom is -0.0185 e. The molecule has 0 aliphatic heterocycles. The first-order valence-electron chi connectivity index (χ1n) is 8.10. The van der Waals surface area contributed by atoms with Crippen molar-refractivity contribution < 1.29 is 0 Å². The van der Waals surface area contributed by atoms with Crippen molar-refractivity contribution in [3.63, 3.8) is 0 Å². The summed E-state index contributed by atoms with van der Waals surface area (Å²) in [6.45, 7) is 13.6. The van der Waals surface area contributed by atoms with E-state index in [4.69, 9.17) is 0 Å². The lowest BCUT2D eigenvalue weighted by atomic mass is 9.85. The average Bonchev–Trinajstić information content (AvgIpc) is 2.36. The minimum atomic E-state index is 0.642. The van der Waals surface area contributed by atoms with Crippen molar-refractivity contribution >= 4 is 0 Å². The third-order valence-electron chi connectivity index (χ3n) is 3.99. The Hall–Kier alpha value is -1.04. The van der Waals surface area contributed by atoms with Crippen molar-refractivity contribution in [2.24, 2.45) is 11.8 Å². The van der Waals surface area contributed by atoms with Crippen LogP contribution in [-0.4, -0.2) is 0 Å². The molecule has 0 saturated heterocycles. The predicted octanol–water partition coefficient (Wildman–Crippen LogP) is 6.51. The van der Waals surface area contributed by atoms with Gasteiger partial charge in [0.1, 0.15) is 0 Å². The largest absolute Gasteiger partial charge is 0.0827 e. The lowest BCUT2D eigenvalue weighted by Gasteiger charge is -2.20. The monoisotopic (exact) mass is 272 g/mol. The molecule has 0 nitrogen and oxygen atoms in total. The Morgan fingerprint density at radius 2 is 1.60 bits per heavy atom. The van der Waals surface area contributed by atoms with E-state index in [1.54, 1.807) is 0 Å². The zero-order chi connectivity index (χ0) is 15.1. The number of allylic oxidation sites excluding steroid dienone is 2. The first-order valence-corrected chi connectivity index (χ1v) is 8.10. The van der Waals surface area contributed by atoms with Crippen molar-refractivity contribution in [2.45, 2.75) is 66.7 Å². The smallest absolute Gasteiger partial charge is 0.0185 e. The van der Waals surface area contributed by atoms with Crippen LogP contribution in [0.15, 0.2) is 35.9 Å². The molecule has 0 aliphatic carbocycles. The minimum absolute atomic E-state index is 0.642. The fourth-order valence-electron chi connectivity index (χ4n) is 2.77. The van der Waals surface area contributed by atoms with Gasteiger partial charge >= 0.3 is 0 Å². The topological polar surface area (TPSA) is 0 Å². The van der Waals surface area contributed by atoms with Crippen LogP contribution in [0.2, 0.25) is 0 Å². The fraction of sp³-hybridized carbons (Fsp3) is 0.600. The van der Waals surface area contributed by atoms with Crippen LogP contribution < -0.4 is 0 Å². The molecule has 2 atom stereocenters. The van der Waals surface area contributed by atoms with Gasteiger partial charge in [-0.25, -0.2) is 0 Å². The van der Waals surface area contributed by atoms with Gasteiger partial charge in [0.15, 0.2) is 0 Å². The second-order valence-corrected chi connectivity index (χ2v) is 7.02. The van der Waals surface area contributed by atoms with Crippen LogP contribution in [0.3, 0.4) is 0 Å². The van der Waals surface area contributed by atoms with Gasteiger partial charge in [0.05, 0.1) is 0 Å². The number of rotatable bonds is 7. The molecular weight excluding hydrogens is 240 g/mol. The van der Waals surface area contributed by atoms with E-state index < -0.39 is 0 Å². The van der Waals surface area contributed by atoms with Crippen molar-refractivity contribution in [3.05, 3.63) is 47.0 Å². The summed E-state index contributed by atoms with van der Waals surface area (Å²) in [7, 11) is 0. The minimum Gasteiger partial charge on any atom is -0.0827 e. The molecule has 0 fully saturated rings. The van der Waals surface area contributed by atoms with Gasteiger partial charge in [-0.2, -0.15) is 0 Å². The standard InChI is InChI=1S/C20H32/c1-15(2)7-10-19(13-16(3)4)14-18(6)20-11-8-17(5)9-12-20/h8-9,11-13,15,18-19H,7,10,14H2,1-6H3/t18-,19?/m0/s1. The third kappa shape index (κ3) is 6.41. The van der Waals surface area contributed by atoms with E-state index in [1.165, 1.54) is 36.0 Å². The van der Waals surface area contributed by atoms with Crippen LogP contribution in [0.25, 0.3) is 0 Å². The summed E-state index contributed by atoms with van der Waals surface area (Å²) in [6, 6.07) is 9.05. The summed E-state index contributed by atoms with van der Waals surface area (Å²) in [5.74, 6) is 2.17. The molecule has 0 heteroatoms. The Bertz CT molecular complexity index is 404. The second kappa shape index (κ2) is 8.29. The van der Waals surface area contributed by atoms with Crippen molar-refractivity contribution in [3.8, 4) is 0 Å². The Balaban J connectivity index is 2.67. The van der Waals surface area contributed by atoms with E-state index in [9.17, 15) is 0 Å². The summed E-state index contributed by atoms with van der Waals surface area (Å²) in [5.41, 5.74) is 4.28. The first-order chi connectivity index (χ1) is 9.38. The highest BCUT2D eigenvalue weighted by Crippen LogP contribution is 2.28. The third-order valence-corrected chi connectivity index (χ3v) is 3.99. The van der Waals surface area contributed by atoms with Crippen LogP contribution in [0.1, 0.15) is 70.9 Å². The molecule has 0 aromatic heterocycles. The molecule has 1 unspecified atom stereocenters. The van der Waals surface area contributed by atoms with E-state index in [-0.39, 0.29) is 0 Å². The molecule has 0 spiro atoms. The van der Waals surface area contributed by atoms with E-state index in [0.29, 0.717) is 5.92 Å². The Morgan fingerprint density at radius 3 is 2.10 bits per heavy atom. The molecule has 0 N–H and O–H groups in total. The molecular formula is C20H32. The molecule has 0 amide bonds. The zero-order valence-corrected chi connectivity index (χ0v) is 14.2. The average molecular weight is 272 g/mol. The summed E-state index contributed by atoms with van der Waals surface area (Å²) in [5, 5.41) is 0. The Labute approximate surface area is 126 Å². The maximum atomic E-state index is 2.48. The summed E-state index contributed by atoms with van der Waals surface area (Å²) < 4.78 is 0. The van der Waals surface area contributed by atoms with Gasteiger partial charge in [0, 0.05) is 0 Å². The Kier molecular flexibility index (Phi) is 7.05. The number of hydrogen-bond donors (Lipinski definition) is 0. The van der Waals surface area contributed by atoms with Crippen molar-refractivity contribution in [2.75, 3.05) is 0 Å². The highest BCUT2D eigenvalue weighted by molar-refractivity contribution is 5.24. The van der Waals surface area contributed by atoms with Gasteiger partial charge < -0.3 is 0 Å². The summed E-state index contributed by atoms with van der Waals surface area (Å²) in [6.07, 6.45) is 6.39. The molecule has 1 aromatic carbocycles. The lowest BCUT2D eigenvalue weighted by Crippen LogP contribution is -2.05.